The lowest BCUT2D eigenvalue weighted by Crippen LogP contribution is -2.60. The van der Waals surface area contributed by atoms with Gasteiger partial charge in [-0.2, -0.15) is 0 Å². The van der Waals surface area contributed by atoms with Gasteiger partial charge in [0.05, 0.1) is 14.2 Å². The second-order valence-electron chi connectivity index (χ2n) is 7.33. The Morgan fingerprint density at radius 2 is 2.04 bits per heavy atom. The minimum absolute atomic E-state index is 0.222. The van der Waals surface area contributed by atoms with Gasteiger partial charge in [0, 0.05) is 22.9 Å². The van der Waals surface area contributed by atoms with Crippen molar-refractivity contribution in [3.8, 4) is 11.5 Å². The minimum Gasteiger partial charge on any atom is -0.504 e. The number of likely N-dealkylation sites (N-methyl/N-ethyl adjacent to an activating group) is 1. The number of phenolic OH excluding ortho intramolecular Hbond substituents is 1. The van der Waals surface area contributed by atoms with E-state index in [1.165, 1.54) is 5.56 Å². The number of hydrogen-bond donors (Lipinski definition) is 2. The summed E-state index contributed by atoms with van der Waals surface area (Å²) in [6, 6.07) is 4.27. The quantitative estimate of drug-likeness (QED) is 0.865. The van der Waals surface area contributed by atoms with Gasteiger partial charge < -0.3 is 24.6 Å². The molecule has 4 unspecified atom stereocenters. The van der Waals surface area contributed by atoms with E-state index in [0.29, 0.717) is 24.0 Å². The monoisotopic (exact) mass is 331 g/mol. The summed E-state index contributed by atoms with van der Waals surface area (Å²) in [5.74, 6) is 1.63. The zero-order chi connectivity index (χ0) is 17.1. The van der Waals surface area contributed by atoms with Gasteiger partial charge >= 0.3 is 0 Å². The van der Waals surface area contributed by atoms with E-state index in [4.69, 9.17) is 9.47 Å². The van der Waals surface area contributed by atoms with Crippen LogP contribution in [0.4, 0.5) is 0 Å². The second-order valence-corrected chi connectivity index (χ2v) is 7.33. The van der Waals surface area contributed by atoms with Gasteiger partial charge in [0.2, 0.25) is 0 Å². The standard InChI is InChI=1S/C19H25NO4/c1-20-7-6-19-10-14(21)16(24-3)9-12(19)13(20)8-11-4-5-15(23-2)18(22)17(11)19/h4-5,9,12-14,21-22H,6-8,10H2,1-3H3. The van der Waals surface area contributed by atoms with E-state index in [0.717, 1.165) is 24.9 Å². The predicted octanol–water partition coefficient (Wildman–Crippen LogP) is 1.81. The molecule has 5 heteroatoms. The summed E-state index contributed by atoms with van der Waals surface area (Å²) in [6.45, 7) is 0.958. The maximum absolute atomic E-state index is 10.9. The zero-order valence-electron chi connectivity index (χ0n) is 14.5. The van der Waals surface area contributed by atoms with Crippen molar-refractivity contribution in [3.05, 3.63) is 35.1 Å². The van der Waals surface area contributed by atoms with Crippen LogP contribution < -0.4 is 4.74 Å². The van der Waals surface area contributed by atoms with Crippen LogP contribution in [0.2, 0.25) is 0 Å². The summed E-state index contributed by atoms with van der Waals surface area (Å²) in [5, 5.41) is 21.5. The molecular weight excluding hydrogens is 306 g/mol. The van der Waals surface area contributed by atoms with Crippen LogP contribution in [-0.4, -0.2) is 55.1 Å². The van der Waals surface area contributed by atoms with Gasteiger partial charge in [0.1, 0.15) is 11.9 Å². The Balaban J connectivity index is 1.95. The molecule has 4 rings (SSSR count). The van der Waals surface area contributed by atoms with Crippen LogP contribution in [0.3, 0.4) is 0 Å². The van der Waals surface area contributed by atoms with Gasteiger partial charge in [-0.1, -0.05) is 6.07 Å². The summed E-state index contributed by atoms with van der Waals surface area (Å²) in [5.41, 5.74) is 1.88. The molecular formula is C19H25NO4. The summed E-state index contributed by atoms with van der Waals surface area (Å²) in [4.78, 5) is 2.40. The molecule has 0 amide bonds. The molecule has 3 aliphatic rings. The number of ether oxygens (including phenoxy) is 2. The van der Waals surface area contributed by atoms with E-state index >= 15 is 0 Å². The van der Waals surface area contributed by atoms with Crippen molar-refractivity contribution in [3.63, 3.8) is 0 Å². The number of benzene rings is 1. The third-order valence-corrected chi connectivity index (χ3v) is 6.37. The first-order valence-corrected chi connectivity index (χ1v) is 8.55. The van der Waals surface area contributed by atoms with Crippen molar-refractivity contribution in [2.45, 2.75) is 36.8 Å². The number of likely N-dealkylation sites (tertiary alicyclic amines) is 1. The molecule has 2 bridgehead atoms. The fraction of sp³-hybridized carbons (Fsp3) is 0.579. The molecule has 0 radical (unpaired) electrons. The molecule has 24 heavy (non-hydrogen) atoms. The molecule has 1 aromatic rings. The van der Waals surface area contributed by atoms with Crippen LogP contribution in [-0.2, 0) is 16.6 Å². The minimum atomic E-state index is -0.633. The number of methoxy groups -OCH3 is 2. The first-order chi connectivity index (χ1) is 11.5. The van der Waals surface area contributed by atoms with E-state index in [9.17, 15) is 10.2 Å². The highest BCUT2D eigenvalue weighted by Gasteiger charge is 2.56. The van der Waals surface area contributed by atoms with Crippen LogP contribution in [0, 0.1) is 5.92 Å². The number of rotatable bonds is 2. The van der Waals surface area contributed by atoms with Gasteiger partial charge in [-0.15, -0.1) is 0 Å². The molecule has 130 valence electrons. The van der Waals surface area contributed by atoms with Crippen molar-refractivity contribution in [2.75, 3.05) is 27.8 Å². The lowest BCUT2D eigenvalue weighted by Gasteiger charge is -2.57. The molecule has 0 spiro atoms. The van der Waals surface area contributed by atoms with E-state index in [1.807, 2.05) is 6.07 Å². The number of piperidine rings is 1. The smallest absolute Gasteiger partial charge is 0.161 e. The fourth-order valence-electron chi connectivity index (χ4n) is 5.20. The van der Waals surface area contributed by atoms with Gasteiger partial charge in [-0.25, -0.2) is 0 Å². The van der Waals surface area contributed by atoms with Crippen LogP contribution in [0.25, 0.3) is 0 Å². The Bertz CT molecular complexity index is 701. The number of fused-ring (bicyclic) bond motifs is 1. The van der Waals surface area contributed by atoms with Gasteiger partial charge in [0.25, 0.3) is 0 Å². The van der Waals surface area contributed by atoms with E-state index in [1.54, 1.807) is 14.2 Å². The van der Waals surface area contributed by atoms with Gasteiger partial charge in [0.15, 0.2) is 11.5 Å². The van der Waals surface area contributed by atoms with Gasteiger partial charge in [-0.3, -0.25) is 0 Å². The third-order valence-electron chi connectivity index (χ3n) is 6.37. The first-order valence-electron chi connectivity index (χ1n) is 8.55. The van der Waals surface area contributed by atoms with Crippen molar-refractivity contribution in [1.82, 2.24) is 4.90 Å². The highest BCUT2D eigenvalue weighted by Crippen LogP contribution is 2.58. The molecule has 2 aliphatic carbocycles. The Morgan fingerprint density at radius 3 is 2.75 bits per heavy atom. The zero-order valence-corrected chi connectivity index (χ0v) is 14.5. The maximum atomic E-state index is 10.9. The number of aromatic hydroxyl groups is 1. The molecule has 0 saturated carbocycles. The Hall–Kier alpha value is -1.72. The van der Waals surface area contributed by atoms with Crippen molar-refractivity contribution < 1.29 is 19.7 Å². The molecule has 4 atom stereocenters. The Labute approximate surface area is 142 Å². The number of hydrogen-bond acceptors (Lipinski definition) is 5. The Kier molecular flexibility index (Phi) is 3.55. The average Bonchev–Trinajstić information content (AvgIpc) is 2.57. The largest absolute Gasteiger partial charge is 0.504 e. The third kappa shape index (κ3) is 1.94. The molecule has 1 aromatic carbocycles. The predicted molar refractivity (Wildman–Crippen MR) is 90.3 cm³/mol. The highest BCUT2D eigenvalue weighted by molar-refractivity contribution is 5.57. The van der Waals surface area contributed by atoms with Crippen LogP contribution in [0.15, 0.2) is 24.0 Å². The van der Waals surface area contributed by atoms with Crippen molar-refractivity contribution in [2.24, 2.45) is 5.92 Å². The van der Waals surface area contributed by atoms with Crippen LogP contribution >= 0.6 is 0 Å². The van der Waals surface area contributed by atoms with E-state index in [2.05, 4.69) is 24.1 Å². The summed E-state index contributed by atoms with van der Waals surface area (Å²) in [6.07, 6.45) is 3.83. The molecule has 1 fully saturated rings. The van der Waals surface area contributed by atoms with E-state index < -0.39 is 6.10 Å². The highest BCUT2D eigenvalue weighted by atomic mass is 16.5. The number of phenols is 1. The lowest BCUT2D eigenvalue weighted by atomic mass is 9.53. The van der Waals surface area contributed by atoms with Crippen molar-refractivity contribution in [1.29, 1.82) is 0 Å². The summed E-state index contributed by atoms with van der Waals surface area (Å²) in [7, 11) is 5.35. The van der Waals surface area contributed by atoms with Crippen molar-refractivity contribution >= 4 is 0 Å². The molecule has 5 nitrogen and oxygen atoms in total. The van der Waals surface area contributed by atoms with Gasteiger partial charge in [-0.05, 0) is 50.6 Å². The van der Waals surface area contributed by atoms with Crippen LogP contribution in [0.5, 0.6) is 11.5 Å². The number of nitrogens with zero attached hydrogens (tertiary/aromatic N) is 1. The Morgan fingerprint density at radius 1 is 1.25 bits per heavy atom. The van der Waals surface area contributed by atoms with E-state index in [-0.39, 0.29) is 17.1 Å². The molecule has 0 aromatic heterocycles. The molecule has 1 aliphatic heterocycles. The molecule has 2 N–H and O–H groups in total. The fourth-order valence-corrected chi connectivity index (χ4v) is 5.20. The maximum Gasteiger partial charge on any atom is 0.161 e. The topological polar surface area (TPSA) is 62.2 Å². The number of aliphatic hydroxyl groups excluding tert-OH is 1. The number of aliphatic hydroxyl groups is 1. The SMILES string of the molecule is COC1=CC2C3Cc4ccc(OC)c(O)c4C2(CCN3C)CC1O. The molecule has 1 heterocycles. The lowest BCUT2D eigenvalue weighted by molar-refractivity contribution is -0.00381. The molecule has 1 saturated heterocycles. The second kappa shape index (κ2) is 5.39. The average molecular weight is 331 g/mol. The first kappa shape index (κ1) is 15.8. The summed E-state index contributed by atoms with van der Waals surface area (Å²) < 4.78 is 10.8. The summed E-state index contributed by atoms with van der Waals surface area (Å²) >= 11 is 0. The van der Waals surface area contributed by atoms with Crippen LogP contribution in [0.1, 0.15) is 24.0 Å². The normalized spacial score (nSPS) is 34.8.